The van der Waals surface area contributed by atoms with Crippen molar-refractivity contribution in [1.82, 2.24) is 4.98 Å². The molecule has 0 fully saturated rings. The van der Waals surface area contributed by atoms with Crippen molar-refractivity contribution in [3.63, 3.8) is 0 Å². The topological polar surface area (TPSA) is 50.2 Å². The van der Waals surface area contributed by atoms with Crippen LogP contribution in [0.2, 0.25) is 5.02 Å². The third kappa shape index (κ3) is 1.70. The average Bonchev–Trinajstić information content (AvgIpc) is 1.94. The summed E-state index contributed by atoms with van der Waals surface area (Å²) in [5.74, 6) is -1.13. The Hall–Kier alpha value is -0.610. The monoisotopic (exact) mass is 235 g/mol. The minimum Gasteiger partial charge on any atom is -0.476 e. The summed E-state index contributed by atoms with van der Waals surface area (Å²) in [6.07, 6.45) is 1.37. The molecule has 1 heterocycles. The fourth-order valence-electron chi connectivity index (χ4n) is 0.569. The highest BCUT2D eigenvalue weighted by atomic mass is 79.9. The maximum atomic E-state index is 10.4. The summed E-state index contributed by atoms with van der Waals surface area (Å²) in [6, 6.07) is 1.58. The predicted molar refractivity (Wildman–Crippen MR) is 43.9 cm³/mol. The predicted octanol–water partition coefficient (Wildman–Crippen LogP) is 2.20. The number of aromatic carboxylic acids is 1. The molecule has 0 saturated heterocycles. The highest BCUT2D eigenvalue weighted by Gasteiger charge is 2.11. The van der Waals surface area contributed by atoms with Crippen LogP contribution in [0.1, 0.15) is 10.5 Å². The van der Waals surface area contributed by atoms with Crippen molar-refractivity contribution >= 4 is 33.5 Å². The minimum atomic E-state index is -1.13. The molecule has 0 saturated carbocycles. The number of hydrogen-bond acceptors (Lipinski definition) is 2. The molecular formula is C6H3BrClNO2. The second kappa shape index (κ2) is 3.19. The first kappa shape index (κ1) is 8.49. The molecule has 0 spiro atoms. The lowest BCUT2D eigenvalue weighted by Crippen LogP contribution is -2.00. The molecule has 0 amide bonds. The second-order valence-corrected chi connectivity index (χ2v) is 2.99. The van der Waals surface area contributed by atoms with E-state index in [1.165, 1.54) is 6.20 Å². The summed E-state index contributed by atoms with van der Waals surface area (Å²) in [5.41, 5.74) is -0.138. The highest BCUT2D eigenvalue weighted by molar-refractivity contribution is 9.10. The molecular weight excluding hydrogens is 233 g/mol. The first-order valence-electron chi connectivity index (χ1n) is 2.66. The summed E-state index contributed by atoms with van der Waals surface area (Å²) in [7, 11) is 0. The maximum absolute atomic E-state index is 10.4. The number of aromatic nitrogens is 1. The molecule has 11 heavy (non-hydrogen) atoms. The first-order valence-corrected chi connectivity index (χ1v) is 3.83. The summed E-state index contributed by atoms with van der Waals surface area (Å²) in [6.45, 7) is 0. The van der Waals surface area contributed by atoms with Gasteiger partial charge in [-0.1, -0.05) is 11.6 Å². The number of halogens is 2. The van der Waals surface area contributed by atoms with Crippen molar-refractivity contribution in [2.24, 2.45) is 0 Å². The van der Waals surface area contributed by atoms with Gasteiger partial charge in [0.15, 0.2) is 5.69 Å². The van der Waals surface area contributed by atoms with Crippen molar-refractivity contribution < 1.29 is 9.90 Å². The van der Waals surface area contributed by atoms with Crippen LogP contribution in [-0.4, -0.2) is 16.1 Å². The molecule has 0 radical (unpaired) electrons. The molecule has 0 bridgehead atoms. The first-order chi connectivity index (χ1) is 5.13. The van der Waals surface area contributed by atoms with E-state index in [-0.39, 0.29) is 10.7 Å². The van der Waals surface area contributed by atoms with E-state index in [0.717, 1.165) is 0 Å². The summed E-state index contributed by atoms with van der Waals surface area (Å²) in [4.78, 5) is 14.0. The third-order valence-corrected chi connectivity index (χ3v) is 2.32. The van der Waals surface area contributed by atoms with Crippen LogP contribution in [-0.2, 0) is 0 Å². The van der Waals surface area contributed by atoms with Gasteiger partial charge in [0.05, 0.1) is 5.02 Å². The summed E-state index contributed by atoms with van der Waals surface area (Å²) in [5, 5.41) is 8.65. The molecule has 1 aromatic heterocycles. The van der Waals surface area contributed by atoms with Gasteiger partial charge < -0.3 is 5.11 Å². The molecule has 5 heteroatoms. The van der Waals surface area contributed by atoms with E-state index in [0.29, 0.717) is 4.47 Å². The fraction of sp³-hybridized carbons (Fsp3) is 0. The number of carboxylic acids is 1. The Bertz CT molecular complexity index is 303. The van der Waals surface area contributed by atoms with Crippen LogP contribution in [0.4, 0.5) is 0 Å². The number of hydrogen-bond donors (Lipinski definition) is 1. The molecule has 0 unspecified atom stereocenters. The zero-order valence-electron chi connectivity index (χ0n) is 5.21. The van der Waals surface area contributed by atoms with Crippen LogP contribution in [0.25, 0.3) is 0 Å². The van der Waals surface area contributed by atoms with Crippen molar-refractivity contribution in [2.45, 2.75) is 0 Å². The van der Waals surface area contributed by atoms with Crippen molar-refractivity contribution in [2.75, 3.05) is 0 Å². The van der Waals surface area contributed by atoms with Gasteiger partial charge in [-0.3, -0.25) is 0 Å². The van der Waals surface area contributed by atoms with E-state index < -0.39 is 5.97 Å². The van der Waals surface area contributed by atoms with E-state index in [4.69, 9.17) is 16.7 Å². The maximum Gasteiger partial charge on any atom is 0.356 e. The van der Waals surface area contributed by atoms with Gasteiger partial charge in [0, 0.05) is 10.7 Å². The third-order valence-electron chi connectivity index (χ3n) is 1.04. The van der Waals surface area contributed by atoms with Gasteiger partial charge in [-0.15, -0.1) is 0 Å². The Labute approximate surface area is 76.1 Å². The molecule has 0 aliphatic heterocycles. The van der Waals surface area contributed by atoms with Gasteiger partial charge >= 0.3 is 5.97 Å². The number of carbonyl (C=O) groups is 1. The Morgan fingerprint density at radius 3 is 2.82 bits per heavy atom. The van der Waals surface area contributed by atoms with Crippen LogP contribution in [0.15, 0.2) is 16.7 Å². The molecule has 0 aromatic carbocycles. The number of pyridine rings is 1. The van der Waals surface area contributed by atoms with E-state index in [1.807, 2.05) is 0 Å². The molecule has 1 rings (SSSR count). The summed E-state index contributed by atoms with van der Waals surface area (Å²) >= 11 is 8.68. The van der Waals surface area contributed by atoms with Crippen LogP contribution < -0.4 is 0 Å². The van der Waals surface area contributed by atoms with E-state index >= 15 is 0 Å². The zero-order chi connectivity index (χ0) is 8.43. The summed E-state index contributed by atoms with van der Waals surface area (Å²) < 4.78 is 0.534. The largest absolute Gasteiger partial charge is 0.476 e. The Kier molecular flexibility index (Phi) is 2.46. The van der Waals surface area contributed by atoms with Gasteiger partial charge in [-0.25, -0.2) is 9.78 Å². The average molecular weight is 236 g/mol. The van der Waals surface area contributed by atoms with Gasteiger partial charge in [0.25, 0.3) is 0 Å². The highest BCUT2D eigenvalue weighted by Crippen LogP contribution is 2.23. The Balaban J connectivity index is 3.27. The number of nitrogens with zero attached hydrogens (tertiary/aromatic N) is 1. The standard InChI is InChI=1S/C6H3BrClNO2/c7-3-1-2-9-5(4(3)8)6(10)11/h1-2H,(H,10,11). The quantitative estimate of drug-likeness (QED) is 0.813. The molecule has 0 atom stereocenters. The SMILES string of the molecule is O=C(O)c1nccc(Br)c1Cl. The normalized spacial score (nSPS) is 9.64. The lowest BCUT2D eigenvalue weighted by molar-refractivity contribution is 0.0690. The zero-order valence-corrected chi connectivity index (χ0v) is 7.56. The molecule has 1 aromatic rings. The molecule has 0 aliphatic carbocycles. The van der Waals surface area contributed by atoms with E-state index in [2.05, 4.69) is 20.9 Å². The Morgan fingerprint density at radius 1 is 1.73 bits per heavy atom. The van der Waals surface area contributed by atoms with Gasteiger partial charge in [0.2, 0.25) is 0 Å². The smallest absolute Gasteiger partial charge is 0.356 e. The van der Waals surface area contributed by atoms with Gasteiger partial charge in [-0.05, 0) is 22.0 Å². The fourth-order valence-corrected chi connectivity index (χ4v) is 1.07. The minimum absolute atomic E-state index is 0.125. The van der Waals surface area contributed by atoms with Crippen LogP contribution in [0, 0.1) is 0 Å². The second-order valence-electron chi connectivity index (χ2n) is 1.76. The van der Waals surface area contributed by atoms with Crippen molar-refractivity contribution in [1.29, 1.82) is 0 Å². The van der Waals surface area contributed by atoms with Gasteiger partial charge in [-0.2, -0.15) is 0 Å². The van der Waals surface area contributed by atoms with E-state index in [1.54, 1.807) is 6.07 Å². The van der Waals surface area contributed by atoms with Crippen LogP contribution in [0.3, 0.4) is 0 Å². The van der Waals surface area contributed by atoms with Crippen LogP contribution >= 0.6 is 27.5 Å². The lowest BCUT2D eigenvalue weighted by atomic mass is 10.3. The number of rotatable bonds is 1. The van der Waals surface area contributed by atoms with Crippen LogP contribution in [0.5, 0.6) is 0 Å². The number of carboxylic acid groups (broad SMARTS) is 1. The molecule has 1 N–H and O–H groups in total. The van der Waals surface area contributed by atoms with Crippen molar-refractivity contribution in [3.05, 3.63) is 27.5 Å². The Morgan fingerprint density at radius 2 is 2.36 bits per heavy atom. The van der Waals surface area contributed by atoms with Crippen molar-refractivity contribution in [3.8, 4) is 0 Å². The molecule has 58 valence electrons. The molecule has 3 nitrogen and oxygen atoms in total. The van der Waals surface area contributed by atoms with E-state index in [9.17, 15) is 4.79 Å². The van der Waals surface area contributed by atoms with Gasteiger partial charge in [0.1, 0.15) is 0 Å². The molecule has 0 aliphatic rings. The lowest BCUT2D eigenvalue weighted by Gasteiger charge is -1.97.